The lowest BCUT2D eigenvalue weighted by molar-refractivity contribution is 0.0358. The molecule has 1 fully saturated rings. The van der Waals surface area contributed by atoms with Crippen molar-refractivity contribution in [2.24, 2.45) is 0 Å². The van der Waals surface area contributed by atoms with Crippen LogP contribution in [0.5, 0.6) is 11.5 Å². The Labute approximate surface area is 118 Å². The molecular weight excluding hydrogens is 266 g/mol. The topological polar surface area (TPSA) is 41.9 Å². The second kappa shape index (κ2) is 5.99. The van der Waals surface area contributed by atoms with Gasteiger partial charge in [-0.05, 0) is 13.1 Å². The third kappa shape index (κ3) is 3.14. The molecule has 1 aromatic rings. The van der Waals surface area contributed by atoms with Crippen LogP contribution in [0.2, 0.25) is 5.02 Å². The Balaban J connectivity index is 2.31. The average Bonchev–Trinajstić information content (AvgIpc) is 2.37. The van der Waals surface area contributed by atoms with E-state index in [-0.39, 0.29) is 18.6 Å². The minimum atomic E-state index is -0.0413. The lowest BCUT2D eigenvalue weighted by Crippen LogP contribution is -2.51. The summed E-state index contributed by atoms with van der Waals surface area (Å²) in [5.41, 5.74) is 0.890. The molecule has 106 valence electrons. The molecule has 1 heterocycles. The van der Waals surface area contributed by atoms with Crippen molar-refractivity contribution in [3.05, 3.63) is 22.7 Å². The van der Waals surface area contributed by atoms with E-state index in [1.807, 2.05) is 13.0 Å². The largest absolute Gasteiger partial charge is 0.493 e. The lowest BCUT2D eigenvalue weighted by Gasteiger charge is -2.37. The predicted molar refractivity (Wildman–Crippen MR) is 75.4 cm³/mol. The molecule has 1 aliphatic rings. The Morgan fingerprint density at radius 3 is 2.68 bits per heavy atom. The summed E-state index contributed by atoms with van der Waals surface area (Å²) in [4.78, 5) is 2.18. The van der Waals surface area contributed by atoms with E-state index in [0.717, 1.165) is 18.7 Å². The highest BCUT2D eigenvalue weighted by Crippen LogP contribution is 2.39. The number of likely N-dealkylation sites (N-methyl/N-ethyl adjacent to an activating group) is 1. The van der Waals surface area contributed by atoms with Crippen molar-refractivity contribution in [2.75, 3.05) is 33.9 Å². The van der Waals surface area contributed by atoms with Crippen LogP contribution in [0, 0.1) is 0 Å². The van der Waals surface area contributed by atoms with Crippen LogP contribution in [0.3, 0.4) is 0 Å². The highest BCUT2D eigenvalue weighted by Gasteiger charge is 2.28. The lowest BCUT2D eigenvalue weighted by atomic mass is 10.00. The first kappa shape index (κ1) is 14.4. The number of methoxy groups -OCH3 is 1. The van der Waals surface area contributed by atoms with E-state index >= 15 is 0 Å². The SMILES string of the molecule is COc1cc(Cl)cc(C(C)CO)c1OC1CN(C)C1. The molecule has 0 aliphatic carbocycles. The summed E-state index contributed by atoms with van der Waals surface area (Å²) in [7, 11) is 3.65. The Hall–Kier alpha value is -0.970. The van der Waals surface area contributed by atoms with Gasteiger partial charge in [0.15, 0.2) is 11.5 Å². The maximum Gasteiger partial charge on any atom is 0.165 e. The molecule has 0 radical (unpaired) electrons. The maximum atomic E-state index is 9.37. The molecule has 0 saturated carbocycles. The van der Waals surface area contributed by atoms with Gasteiger partial charge in [0.05, 0.1) is 7.11 Å². The fraction of sp³-hybridized carbons (Fsp3) is 0.571. The molecule has 19 heavy (non-hydrogen) atoms. The average molecular weight is 286 g/mol. The van der Waals surface area contributed by atoms with Crippen molar-refractivity contribution in [3.8, 4) is 11.5 Å². The number of hydrogen-bond acceptors (Lipinski definition) is 4. The van der Waals surface area contributed by atoms with Crippen molar-refractivity contribution in [1.82, 2.24) is 4.90 Å². The van der Waals surface area contributed by atoms with Crippen LogP contribution < -0.4 is 9.47 Å². The molecule has 2 rings (SSSR count). The Kier molecular flexibility index (Phi) is 4.55. The number of likely N-dealkylation sites (tertiary alicyclic amines) is 1. The van der Waals surface area contributed by atoms with Crippen LogP contribution in [-0.2, 0) is 0 Å². The Morgan fingerprint density at radius 2 is 2.16 bits per heavy atom. The number of benzene rings is 1. The third-order valence-corrected chi connectivity index (χ3v) is 3.61. The molecular formula is C14H20ClNO3. The number of hydrogen-bond donors (Lipinski definition) is 1. The van der Waals surface area contributed by atoms with Crippen molar-refractivity contribution >= 4 is 11.6 Å². The zero-order chi connectivity index (χ0) is 14.0. The highest BCUT2D eigenvalue weighted by molar-refractivity contribution is 6.30. The fourth-order valence-electron chi connectivity index (χ4n) is 2.21. The normalized spacial score (nSPS) is 17.9. The van der Waals surface area contributed by atoms with E-state index in [2.05, 4.69) is 11.9 Å². The zero-order valence-electron chi connectivity index (χ0n) is 11.5. The van der Waals surface area contributed by atoms with Crippen LogP contribution >= 0.6 is 11.6 Å². The van der Waals surface area contributed by atoms with Crippen molar-refractivity contribution in [1.29, 1.82) is 0 Å². The summed E-state index contributed by atoms with van der Waals surface area (Å²) in [6.07, 6.45) is 0.171. The van der Waals surface area contributed by atoms with Gasteiger partial charge in [0.25, 0.3) is 0 Å². The number of halogens is 1. The summed E-state index contributed by atoms with van der Waals surface area (Å²) < 4.78 is 11.4. The summed E-state index contributed by atoms with van der Waals surface area (Å²) in [6.45, 7) is 3.78. The molecule has 1 N–H and O–H groups in total. The van der Waals surface area contributed by atoms with Gasteiger partial charge in [-0.25, -0.2) is 0 Å². The number of ether oxygens (including phenoxy) is 2. The quantitative estimate of drug-likeness (QED) is 0.900. The van der Waals surface area contributed by atoms with Gasteiger partial charge in [0.2, 0.25) is 0 Å². The fourth-order valence-corrected chi connectivity index (χ4v) is 2.43. The smallest absolute Gasteiger partial charge is 0.165 e. The molecule has 1 unspecified atom stereocenters. The molecule has 1 saturated heterocycles. The zero-order valence-corrected chi connectivity index (χ0v) is 12.3. The number of rotatable bonds is 5. The van der Waals surface area contributed by atoms with Crippen LogP contribution in [0.4, 0.5) is 0 Å². The van der Waals surface area contributed by atoms with E-state index < -0.39 is 0 Å². The first-order chi connectivity index (χ1) is 9.05. The second-order valence-corrected chi connectivity index (χ2v) is 5.51. The van der Waals surface area contributed by atoms with Crippen molar-refractivity contribution in [3.63, 3.8) is 0 Å². The second-order valence-electron chi connectivity index (χ2n) is 5.07. The molecule has 5 heteroatoms. The summed E-state index contributed by atoms with van der Waals surface area (Å²) in [6, 6.07) is 3.58. The van der Waals surface area contributed by atoms with Crippen molar-refractivity contribution < 1.29 is 14.6 Å². The van der Waals surface area contributed by atoms with Gasteiger partial charge in [0.1, 0.15) is 6.10 Å². The summed E-state index contributed by atoms with van der Waals surface area (Å²) >= 11 is 6.08. The number of aliphatic hydroxyl groups is 1. The van der Waals surface area contributed by atoms with Crippen molar-refractivity contribution in [2.45, 2.75) is 18.9 Å². The van der Waals surface area contributed by atoms with E-state index in [1.165, 1.54) is 0 Å². The van der Waals surface area contributed by atoms with E-state index in [4.69, 9.17) is 21.1 Å². The van der Waals surface area contributed by atoms with E-state index in [9.17, 15) is 5.11 Å². The van der Waals surface area contributed by atoms with Gasteiger partial charge in [-0.15, -0.1) is 0 Å². The van der Waals surface area contributed by atoms with Gasteiger partial charge < -0.3 is 14.6 Å². The van der Waals surface area contributed by atoms with Crippen LogP contribution in [0.25, 0.3) is 0 Å². The van der Waals surface area contributed by atoms with Gasteiger partial charge in [0, 0.05) is 42.3 Å². The van der Waals surface area contributed by atoms with Crippen LogP contribution in [-0.4, -0.2) is 50.0 Å². The van der Waals surface area contributed by atoms with Gasteiger partial charge in [-0.1, -0.05) is 18.5 Å². The molecule has 1 aromatic carbocycles. The predicted octanol–water partition coefficient (Wildman–Crippen LogP) is 2.14. The number of aliphatic hydroxyl groups excluding tert-OH is 1. The summed E-state index contributed by atoms with van der Waals surface area (Å²) in [5, 5.41) is 9.95. The molecule has 0 bridgehead atoms. The molecule has 4 nitrogen and oxygen atoms in total. The summed E-state index contributed by atoms with van der Waals surface area (Å²) in [5.74, 6) is 1.28. The van der Waals surface area contributed by atoms with Crippen LogP contribution in [0.1, 0.15) is 18.4 Å². The molecule has 1 aliphatic heterocycles. The van der Waals surface area contributed by atoms with Gasteiger partial charge >= 0.3 is 0 Å². The van der Waals surface area contributed by atoms with Gasteiger partial charge in [-0.3, -0.25) is 4.90 Å². The van der Waals surface area contributed by atoms with E-state index in [1.54, 1.807) is 13.2 Å². The maximum absolute atomic E-state index is 9.37. The monoisotopic (exact) mass is 285 g/mol. The van der Waals surface area contributed by atoms with Crippen LogP contribution in [0.15, 0.2) is 12.1 Å². The molecule has 0 spiro atoms. The first-order valence-electron chi connectivity index (χ1n) is 6.38. The third-order valence-electron chi connectivity index (χ3n) is 3.39. The molecule has 0 aromatic heterocycles. The van der Waals surface area contributed by atoms with Gasteiger partial charge in [-0.2, -0.15) is 0 Å². The first-order valence-corrected chi connectivity index (χ1v) is 6.76. The minimum absolute atomic E-state index is 0.0413. The Morgan fingerprint density at radius 1 is 1.47 bits per heavy atom. The van der Waals surface area contributed by atoms with E-state index in [0.29, 0.717) is 16.5 Å². The molecule has 0 amide bonds. The molecule has 1 atom stereocenters. The minimum Gasteiger partial charge on any atom is -0.493 e. The number of nitrogens with zero attached hydrogens (tertiary/aromatic N) is 1. The highest BCUT2D eigenvalue weighted by atomic mass is 35.5. The Bertz CT molecular complexity index is 447. The standard InChI is InChI=1S/C14H20ClNO3/c1-9(8-17)12-4-10(15)5-13(18-3)14(12)19-11-6-16(2)7-11/h4-5,9,11,17H,6-8H2,1-3H3.